The fraction of sp³-hybridized carbons (Fsp3) is 1.00. The Hall–Kier alpha value is 0.674. The Labute approximate surface area is 54.8 Å². The Bertz CT molecular complexity index is 46.5. The summed E-state index contributed by atoms with van der Waals surface area (Å²) >= 11 is -0.0903. The zero-order chi connectivity index (χ0) is 5.91. The van der Waals surface area contributed by atoms with E-state index in [1.807, 2.05) is 0 Å². The van der Waals surface area contributed by atoms with E-state index in [9.17, 15) is 0 Å². The molecule has 0 aromatic carbocycles. The molecule has 0 amide bonds. The topological polar surface area (TPSA) is 9.23 Å². The molecule has 0 aliphatic carbocycles. The molecule has 0 unspecified atom stereocenters. The van der Waals surface area contributed by atoms with Crippen molar-refractivity contribution in [2.75, 3.05) is 0 Å². The van der Waals surface area contributed by atoms with Crippen LogP contribution in [0.3, 0.4) is 0 Å². The molecule has 0 atom stereocenters. The van der Waals surface area contributed by atoms with Gasteiger partial charge in [0.05, 0.1) is 0 Å². The molecule has 0 aliphatic heterocycles. The summed E-state index contributed by atoms with van der Waals surface area (Å²) in [5.74, 6) is 0. The van der Waals surface area contributed by atoms with Crippen molar-refractivity contribution in [1.82, 2.24) is 0 Å². The van der Waals surface area contributed by atoms with Crippen molar-refractivity contribution < 1.29 is 22.9 Å². The van der Waals surface area contributed by atoms with E-state index in [4.69, 9.17) is 3.32 Å². The van der Waals surface area contributed by atoms with Gasteiger partial charge in [-0.05, 0) is 0 Å². The Morgan fingerprint density at radius 2 is 1.71 bits per heavy atom. The van der Waals surface area contributed by atoms with Gasteiger partial charge in [0.25, 0.3) is 0 Å². The van der Waals surface area contributed by atoms with Crippen LogP contribution in [0.15, 0.2) is 0 Å². The van der Waals surface area contributed by atoms with E-state index >= 15 is 0 Å². The molecule has 0 rings (SSSR count). The van der Waals surface area contributed by atoms with Crippen LogP contribution in [-0.4, -0.2) is 5.60 Å². The summed E-state index contributed by atoms with van der Waals surface area (Å²) < 4.78 is 5.35. The third kappa shape index (κ3) is 6.67. The van der Waals surface area contributed by atoms with E-state index < -0.39 is 0 Å². The molecule has 0 saturated heterocycles. The molecular formula is C5H12OTi. The number of hydrogen-bond donors (Lipinski definition) is 0. The first-order valence-electron chi connectivity index (χ1n) is 2.41. The molecule has 42 valence electrons. The molecule has 0 bridgehead atoms. The van der Waals surface area contributed by atoms with E-state index in [1.165, 1.54) is 0 Å². The van der Waals surface area contributed by atoms with Crippen molar-refractivity contribution in [2.24, 2.45) is 0 Å². The second-order valence-electron chi connectivity index (χ2n) is 2.42. The van der Waals surface area contributed by atoms with Gasteiger partial charge in [-0.3, -0.25) is 0 Å². The van der Waals surface area contributed by atoms with Gasteiger partial charge >= 0.3 is 54.5 Å². The average Bonchev–Trinajstić information content (AvgIpc) is 1.30. The Morgan fingerprint density at radius 1 is 1.29 bits per heavy atom. The van der Waals surface area contributed by atoms with Gasteiger partial charge in [-0.2, -0.15) is 0 Å². The van der Waals surface area contributed by atoms with Crippen LogP contribution in [0, 0.1) is 0 Å². The molecule has 0 N–H and O–H groups in total. The predicted octanol–water partition coefficient (Wildman–Crippen LogP) is 1.85. The van der Waals surface area contributed by atoms with Crippen LogP contribution >= 0.6 is 0 Å². The summed E-state index contributed by atoms with van der Waals surface area (Å²) in [5.41, 5.74) is 0.106. The van der Waals surface area contributed by atoms with Crippen molar-refractivity contribution in [3.8, 4) is 0 Å². The third-order valence-corrected chi connectivity index (χ3v) is 1.68. The molecule has 0 aromatic heterocycles. The van der Waals surface area contributed by atoms with Crippen molar-refractivity contribution in [1.29, 1.82) is 0 Å². The van der Waals surface area contributed by atoms with Gasteiger partial charge in [-0.1, -0.05) is 0 Å². The van der Waals surface area contributed by atoms with Crippen LogP contribution in [-0.2, 0) is 22.9 Å². The minimum absolute atomic E-state index is 0.0903. The Balaban J connectivity index is 3.15. The Morgan fingerprint density at radius 3 is 1.71 bits per heavy atom. The summed E-state index contributed by atoms with van der Waals surface area (Å²) in [6, 6.07) is 0. The van der Waals surface area contributed by atoms with Crippen LogP contribution in [0.2, 0.25) is 5.23 Å². The zero-order valence-electron chi connectivity index (χ0n) is 5.41. The molecule has 2 heteroatoms. The standard InChI is InChI=1S/C4H9O.CH3.Ti/c1-4(2,3)5;;/h1-3H3;1H3;/q-1;;+1. The van der Waals surface area contributed by atoms with Gasteiger partial charge in [0, 0.05) is 0 Å². The minimum atomic E-state index is -0.0903. The first kappa shape index (κ1) is 7.67. The van der Waals surface area contributed by atoms with Crippen LogP contribution in [0.1, 0.15) is 20.8 Å². The molecule has 0 aromatic rings. The predicted molar refractivity (Wildman–Crippen MR) is 26.7 cm³/mol. The normalized spacial score (nSPS) is 11.4. The first-order valence-corrected chi connectivity index (χ1v) is 4.61. The molecule has 0 heterocycles. The summed E-state index contributed by atoms with van der Waals surface area (Å²) in [4.78, 5) is 0. The van der Waals surface area contributed by atoms with E-state index in [-0.39, 0.29) is 25.1 Å². The molecule has 7 heavy (non-hydrogen) atoms. The quantitative estimate of drug-likeness (QED) is 0.499. The number of hydrogen-bond acceptors (Lipinski definition) is 1. The van der Waals surface area contributed by atoms with Gasteiger partial charge in [-0.25, -0.2) is 0 Å². The zero-order valence-corrected chi connectivity index (χ0v) is 6.97. The molecular weight excluding hydrogens is 124 g/mol. The monoisotopic (exact) mass is 136 g/mol. The fourth-order valence-corrected chi connectivity index (χ4v) is 1.26. The van der Waals surface area contributed by atoms with E-state index in [2.05, 4.69) is 26.0 Å². The second kappa shape index (κ2) is 2.86. The SMILES string of the molecule is [CH3][Ti][O]C(C)(C)C. The number of rotatable bonds is 1. The van der Waals surface area contributed by atoms with Crippen molar-refractivity contribution in [3.63, 3.8) is 0 Å². The molecule has 0 fully saturated rings. The van der Waals surface area contributed by atoms with Crippen molar-refractivity contribution in [2.45, 2.75) is 31.6 Å². The maximum absolute atomic E-state index is 5.35. The summed E-state index contributed by atoms with van der Waals surface area (Å²) in [7, 11) is 0. The summed E-state index contributed by atoms with van der Waals surface area (Å²) in [6.07, 6.45) is 0. The summed E-state index contributed by atoms with van der Waals surface area (Å²) in [6.45, 7) is 6.25. The van der Waals surface area contributed by atoms with E-state index in [1.54, 1.807) is 0 Å². The molecule has 1 nitrogen and oxygen atoms in total. The van der Waals surface area contributed by atoms with Gasteiger partial charge in [0.15, 0.2) is 0 Å². The fourth-order valence-electron chi connectivity index (χ4n) is 0.306. The second-order valence-corrected chi connectivity index (χ2v) is 3.37. The molecule has 0 aliphatic rings. The third-order valence-electron chi connectivity index (χ3n) is 0.408. The van der Waals surface area contributed by atoms with Gasteiger partial charge in [-0.15, -0.1) is 0 Å². The van der Waals surface area contributed by atoms with Crippen molar-refractivity contribution >= 4 is 0 Å². The first-order chi connectivity index (χ1) is 3.06. The van der Waals surface area contributed by atoms with Gasteiger partial charge < -0.3 is 0 Å². The summed E-state index contributed by atoms with van der Waals surface area (Å²) in [5, 5.41) is 2.13. The van der Waals surface area contributed by atoms with Crippen LogP contribution in [0.25, 0.3) is 0 Å². The average molecular weight is 136 g/mol. The molecule has 0 radical (unpaired) electrons. The van der Waals surface area contributed by atoms with Crippen LogP contribution in [0.4, 0.5) is 0 Å². The van der Waals surface area contributed by atoms with Crippen LogP contribution < -0.4 is 0 Å². The van der Waals surface area contributed by atoms with Gasteiger partial charge in [0.2, 0.25) is 0 Å². The van der Waals surface area contributed by atoms with E-state index in [0.29, 0.717) is 0 Å². The van der Waals surface area contributed by atoms with Gasteiger partial charge in [0.1, 0.15) is 0 Å². The van der Waals surface area contributed by atoms with E-state index in [0.717, 1.165) is 0 Å². The maximum atomic E-state index is 5.35. The van der Waals surface area contributed by atoms with Crippen molar-refractivity contribution in [3.05, 3.63) is 0 Å². The molecule has 0 spiro atoms. The Kier molecular flexibility index (Phi) is 3.13. The molecule has 0 saturated carbocycles. The van der Waals surface area contributed by atoms with Crippen LogP contribution in [0.5, 0.6) is 0 Å².